The van der Waals surface area contributed by atoms with Crippen LogP contribution in [0.4, 0.5) is 8.78 Å². The minimum Gasteiger partial charge on any atom is -0.378 e. The molecule has 2 aromatic carbocycles. The van der Waals surface area contributed by atoms with Crippen LogP contribution in [-0.4, -0.2) is 34.0 Å². The van der Waals surface area contributed by atoms with Gasteiger partial charge in [-0.05, 0) is 37.1 Å². The number of alkyl halides is 2. The lowest BCUT2D eigenvalue weighted by molar-refractivity contribution is -0.125. The first-order chi connectivity index (χ1) is 17.5. The van der Waals surface area contributed by atoms with Gasteiger partial charge < -0.3 is 10.5 Å². The number of ether oxygens (including phenoxy) is 1. The van der Waals surface area contributed by atoms with E-state index in [0.29, 0.717) is 27.1 Å². The molecule has 1 aliphatic carbocycles. The quantitative estimate of drug-likeness (QED) is 0.326. The molecular weight excluding hydrogens is 543 g/mol. The molecule has 0 aliphatic heterocycles. The van der Waals surface area contributed by atoms with E-state index in [1.54, 1.807) is 24.3 Å². The number of benzene rings is 2. The molecule has 0 unspecified atom stereocenters. The number of amides is 1. The summed E-state index contributed by atoms with van der Waals surface area (Å²) in [7, 11) is 1.53. The Morgan fingerprint density at radius 1 is 0.973 bits per heavy atom. The van der Waals surface area contributed by atoms with Crippen molar-refractivity contribution in [1.82, 2.24) is 9.97 Å². The second kappa shape index (κ2) is 12.8. The minimum atomic E-state index is -2.56. The van der Waals surface area contributed by atoms with Crippen LogP contribution in [0.3, 0.4) is 0 Å². The van der Waals surface area contributed by atoms with Crippen molar-refractivity contribution in [3.8, 4) is 22.5 Å². The van der Waals surface area contributed by atoms with Gasteiger partial charge in [0.15, 0.2) is 0 Å². The molecule has 1 aromatic heterocycles. The molecule has 1 amide bonds. The highest BCUT2D eigenvalue weighted by Gasteiger charge is 2.36. The maximum Gasteiger partial charge on any atom is 0.248 e. The van der Waals surface area contributed by atoms with E-state index in [0.717, 1.165) is 11.1 Å². The molecule has 4 rings (SSSR count). The summed E-state index contributed by atoms with van der Waals surface area (Å²) in [4.78, 5) is 31.7. The lowest BCUT2D eigenvalue weighted by atomic mass is 9.86. The van der Waals surface area contributed by atoms with E-state index < -0.39 is 16.9 Å². The number of halogens is 4. The molecule has 6 nitrogen and oxygen atoms in total. The molecule has 0 radical (unpaired) electrons. The standard InChI is InChI=1S/C19H14Cl2N2O2S.C7H11F2NO/c1-25-10-15-18(19(24)26)23-17(12-4-8-14(21)9-5-12)16(22-15)11-2-6-13(20)7-3-11;8-7(9)3-1-5(2-4-7)6(10)11/h2-9H,10H2,1H3,(H,24,26);5H,1-4H2,(H2,10,11). The van der Waals surface area contributed by atoms with Crippen molar-refractivity contribution in [2.24, 2.45) is 11.7 Å². The van der Waals surface area contributed by atoms with Gasteiger partial charge >= 0.3 is 0 Å². The first-order valence-corrected chi connectivity index (χ1v) is 12.5. The number of hydrogen-bond acceptors (Lipinski definition) is 5. The summed E-state index contributed by atoms with van der Waals surface area (Å²) in [6, 6.07) is 14.4. The third-order valence-electron chi connectivity index (χ3n) is 5.81. The summed E-state index contributed by atoms with van der Waals surface area (Å²) >= 11 is 15.9. The van der Waals surface area contributed by atoms with Crippen molar-refractivity contribution in [3.63, 3.8) is 0 Å². The fraction of sp³-hybridized carbons (Fsp3) is 0.308. The van der Waals surface area contributed by atoms with Gasteiger partial charge in [-0.15, -0.1) is 0 Å². The number of thiol groups is 1. The zero-order valence-corrected chi connectivity index (χ0v) is 22.3. The first-order valence-electron chi connectivity index (χ1n) is 11.3. The molecular formula is C26H25Cl2F2N3O3S. The number of primary amides is 1. The molecule has 0 saturated heterocycles. The normalized spacial score (nSPS) is 15.0. The third kappa shape index (κ3) is 7.95. The topological polar surface area (TPSA) is 95.2 Å². The van der Waals surface area contributed by atoms with Crippen LogP contribution in [0.1, 0.15) is 41.9 Å². The van der Waals surface area contributed by atoms with Gasteiger partial charge in [-0.1, -0.05) is 60.1 Å². The SMILES string of the molecule is COCc1nc(-c2ccc(Cl)cc2)c(-c2ccc(Cl)cc2)nc1C(=O)S.NC(=O)C1CCC(F)(F)CC1. The Hall–Kier alpha value is -2.59. The van der Waals surface area contributed by atoms with E-state index in [4.69, 9.17) is 33.7 Å². The molecule has 0 atom stereocenters. The predicted octanol–water partition coefficient (Wildman–Crippen LogP) is 6.63. The fourth-order valence-corrected chi connectivity index (χ4v) is 4.25. The molecule has 1 aliphatic rings. The molecule has 3 aromatic rings. The van der Waals surface area contributed by atoms with Crippen LogP contribution in [0.25, 0.3) is 22.5 Å². The molecule has 196 valence electrons. The molecule has 37 heavy (non-hydrogen) atoms. The van der Waals surface area contributed by atoms with E-state index >= 15 is 0 Å². The van der Waals surface area contributed by atoms with Gasteiger partial charge in [0.2, 0.25) is 16.9 Å². The number of nitrogens with two attached hydrogens (primary N) is 1. The van der Waals surface area contributed by atoms with Crippen molar-refractivity contribution in [1.29, 1.82) is 0 Å². The van der Waals surface area contributed by atoms with Crippen molar-refractivity contribution < 1.29 is 23.1 Å². The van der Waals surface area contributed by atoms with Gasteiger partial charge in [-0.25, -0.2) is 18.7 Å². The number of hydrogen-bond donors (Lipinski definition) is 2. The highest BCUT2D eigenvalue weighted by atomic mass is 35.5. The maximum atomic E-state index is 12.5. The van der Waals surface area contributed by atoms with Crippen molar-refractivity contribution in [2.45, 2.75) is 38.2 Å². The summed E-state index contributed by atoms with van der Waals surface area (Å²) in [5.74, 6) is -3.33. The number of methoxy groups -OCH3 is 1. The van der Waals surface area contributed by atoms with E-state index in [2.05, 4.69) is 22.6 Å². The summed E-state index contributed by atoms with van der Waals surface area (Å²) < 4.78 is 30.1. The van der Waals surface area contributed by atoms with Crippen LogP contribution in [0.5, 0.6) is 0 Å². The molecule has 11 heteroatoms. The van der Waals surface area contributed by atoms with Gasteiger partial charge in [0, 0.05) is 47.0 Å². The Morgan fingerprint density at radius 2 is 1.43 bits per heavy atom. The van der Waals surface area contributed by atoms with Crippen LogP contribution < -0.4 is 5.73 Å². The summed E-state index contributed by atoms with van der Waals surface area (Å²) in [6.45, 7) is 0.149. The zero-order valence-electron chi connectivity index (χ0n) is 19.9. The largest absolute Gasteiger partial charge is 0.378 e. The van der Waals surface area contributed by atoms with Crippen molar-refractivity contribution in [3.05, 3.63) is 70.0 Å². The maximum absolute atomic E-state index is 12.5. The van der Waals surface area contributed by atoms with Crippen LogP contribution in [0, 0.1) is 5.92 Å². The molecule has 2 N–H and O–H groups in total. The highest BCUT2D eigenvalue weighted by Crippen LogP contribution is 2.36. The molecule has 0 spiro atoms. The fourth-order valence-electron chi connectivity index (χ4n) is 3.82. The van der Waals surface area contributed by atoms with Crippen LogP contribution in [0.15, 0.2) is 48.5 Å². The van der Waals surface area contributed by atoms with E-state index in [1.807, 2.05) is 24.3 Å². The van der Waals surface area contributed by atoms with Gasteiger partial charge in [0.1, 0.15) is 5.69 Å². The van der Waals surface area contributed by atoms with E-state index in [-0.39, 0.29) is 43.9 Å². The Kier molecular flexibility index (Phi) is 10.0. The Morgan fingerprint density at radius 3 is 1.84 bits per heavy atom. The van der Waals surface area contributed by atoms with E-state index in [1.165, 1.54) is 7.11 Å². The summed E-state index contributed by atoms with van der Waals surface area (Å²) in [5, 5.41) is 0.757. The number of rotatable bonds is 6. The van der Waals surface area contributed by atoms with Crippen LogP contribution in [0.2, 0.25) is 10.0 Å². The lowest BCUT2D eigenvalue weighted by Crippen LogP contribution is -2.32. The third-order valence-corrected chi connectivity index (χ3v) is 6.52. The van der Waals surface area contributed by atoms with Crippen molar-refractivity contribution >= 4 is 46.9 Å². The smallest absolute Gasteiger partial charge is 0.248 e. The van der Waals surface area contributed by atoms with Crippen molar-refractivity contribution in [2.75, 3.05) is 7.11 Å². The molecule has 1 saturated carbocycles. The molecule has 1 heterocycles. The van der Waals surface area contributed by atoms with Gasteiger partial charge in [0.05, 0.1) is 23.7 Å². The van der Waals surface area contributed by atoms with Gasteiger partial charge in [-0.2, -0.15) is 0 Å². The predicted molar refractivity (Wildman–Crippen MR) is 143 cm³/mol. The number of aromatic nitrogens is 2. The van der Waals surface area contributed by atoms with Gasteiger partial charge in [-0.3, -0.25) is 9.59 Å². The Balaban J connectivity index is 0.000000289. The number of carbonyl (C=O) groups excluding carboxylic acids is 2. The average molecular weight is 568 g/mol. The van der Waals surface area contributed by atoms with Crippen LogP contribution >= 0.6 is 35.8 Å². The Bertz CT molecular complexity index is 1250. The first kappa shape index (κ1) is 29.0. The summed E-state index contributed by atoms with van der Waals surface area (Å²) in [5.41, 5.74) is 8.34. The summed E-state index contributed by atoms with van der Waals surface area (Å²) in [6.07, 6.45) is 0.0892. The number of carbonyl (C=O) groups is 2. The number of nitrogens with zero attached hydrogens (tertiary/aromatic N) is 2. The highest BCUT2D eigenvalue weighted by molar-refractivity contribution is 7.97. The average Bonchev–Trinajstić information content (AvgIpc) is 2.85. The van der Waals surface area contributed by atoms with E-state index in [9.17, 15) is 18.4 Å². The van der Waals surface area contributed by atoms with Crippen LogP contribution in [-0.2, 0) is 16.1 Å². The Labute approximate surface area is 229 Å². The second-order valence-electron chi connectivity index (χ2n) is 8.50. The minimum absolute atomic E-state index is 0.149. The zero-order chi connectivity index (χ0) is 27.2. The molecule has 0 bridgehead atoms. The second-order valence-corrected chi connectivity index (χ2v) is 9.78. The lowest BCUT2D eigenvalue weighted by Gasteiger charge is -2.25. The van der Waals surface area contributed by atoms with Gasteiger partial charge in [0.25, 0.3) is 0 Å². The monoisotopic (exact) mass is 567 g/mol. The molecule has 1 fully saturated rings.